The molecule has 0 unspecified atom stereocenters. The summed E-state index contributed by atoms with van der Waals surface area (Å²) >= 11 is 2.41. The molecule has 0 saturated heterocycles. The topological polar surface area (TPSA) is 0 Å². The van der Waals surface area contributed by atoms with E-state index in [9.17, 15) is 0 Å². The summed E-state index contributed by atoms with van der Waals surface area (Å²) in [6, 6.07) is 13.1. The number of rotatable bonds is 1. The van der Waals surface area contributed by atoms with Gasteiger partial charge in [-0.3, -0.25) is 0 Å². The third-order valence-corrected chi connectivity index (χ3v) is 3.76. The van der Waals surface area contributed by atoms with Crippen molar-refractivity contribution in [2.45, 2.75) is 20.8 Å². The van der Waals surface area contributed by atoms with Crippen molar-refractivity contribution in [3.8, 4) is 11.1 Å². The van der Waals surface area contributed by atoms with Gasteiger partial charge in [0.05, 0.1) is 0 Å². The molecule has 2 aromatic carbocycles. The lowest BCUT2D eigenvalue weighted by atomic mass is 9.94. The first-order valence-corrected chi connectivity index (χ1v) is 6.50. The van der Waals surface area contributed by atoms with Crippen LogP contribution in [0.2, 0.25) is 0 Å². The van der Waals surface area contributed by atoms with Gasteiger partial charge in [0.1, 0.15) is 0 Å². The molecule has 82 valence electrons. The van der Waals surface area contributed by atoms with E-state index < -0.39 is 0 Å². The molecule has 0 nitrogen and oxygen atoms in total. The maximum atomic E-state index is 2.41. The summed E-state index contributed by atoms with van der Waals surface area (Å²) in [5.41, 5.74) is 6.79. The summed E-state index contributed by atoms with van der Waals surface area (Å²) in [6.45, 7) is 6.54. The average Bonchev–Trinajstić information content (AvgIpc) is 2.19. The van der Waals surface area contributed by atoms with Gasteiger partial charge in [-0.1, -0.05) is 35.9 Å². The molecule has 0 heterocycles. The number of benzene rings is 2. The van der Waals surface area contributed by atoms with E-state index in [0.717, 1.165) is 0 Å². The Hall–Kier alpha value is -0.830. The summed E-state index contributed by atoms with van der Waals surface area (Å²) < 4.78 is 1.31. The summed E-state index contributed by atoms with van der Waals surface area (Å²) in [4.78, 5) is 0. The molecule has 0 amide bonds. The fraction of sp³-hybridized carbons (Fsp3) is 0.200. The van der Waals surface area contributed by atoms with Crippen molar-refractivity contribution in [1.29, 1.82) is 0 Å². The molecule has 16 heavy (non-hydrogen) atoms. The Morgan fingerprint density at radius 3 is 2.00 bits per heavy atom. The highest BCUT2D eigenvalue weighted by Crippen LogP contribution is 2.31. The maximum Gasteiger partial charge on any atom is 0.0208 e. The van der Waals surface area contributed by atoms with Crippen molar-refractivity contribution < 1.29 is 0 Å². The largest absolute Gasteiger partial charge is 0.0616 e. The fourth-order valence-electron chi connectivity index (χ4n) is 2.27. The Labute approximate surface area is 111 Å². The first-order chi connectivity index (χ1) is 7.59. The van der Waals surface area contributed by atoms with Crippen LogP contribution in [0.5, 0.6) is 0 Å². The Kier molecular flexibility index (Phi) is 3.33. The van der Waals surface area contributed by atoms with Crippen LogP contribution in [0.3, 0.4) is 0 Å². The second-order valence-corrected chi connectivity index (χ2v) is 5.42. The highest BCUT2D eigenvalue weighted by molar-refractivity contribution is 14.1. The monoisotopic (exact) mass is 322 g/mol. The smallest absolute Gasteiger partial charge is 0.0208 e. The molecule has 1 heteroatoms. The molecule has 0 spiro atoms. The zero-order valence-corrected chi connectivity index (χ0v) is 12.0. The molecule has 2 aromatic rings. The van der Waals surface area contributed by atoms with Gasteiger partial charge in [-0.2, -0.15) is 0 Å². The number of halogens is 1. The van der Waals surface area contributed by atoms with E-state index in [0.29, 0.717) is 0 Å². The highest BCUT2D eigenvalue weighted by atomic mass is 127. The zero-order chi connectivity index (χ0) is 11.7. The molecule has 0 saturated carbocycles. The maximum absolute atomic E-state index is 2.41. The molecule has 0 bridgehead atoms. The van der Waals surface area contributed by atoms with Crippen LogP contribution < -0.4 is 0 Å². The van der Waals surface area contributed by atoms with Crippen molar-refractivity contribution in [3.05, 3.63) is 56.7 Å². The van der Waals surface area contributed by atoms with E-state index in [2.05, 4.69) is 79.8 Å². The van der Waals surface area contributed by atoms with Crippen LogP contribution in [0, 0.1) is 24.3 Å². The Bertz CT molecular complexity index is 504. The molecule has 2 rings (SSSR count). The summed E-state index contributed by atoms with van der Waals surface area (Å²) in [5.74, 6) is 0. The molecule has 0 aliphatic heterocycles. The molecule has 0 aliphatic rings. The Morgan fingerprint density at radius 2 is 1.44 bits per heavy atom. The van der Waals surface area contributed by atoms with Gasteiger partial charge in [0.15, 0.2) is 0 Å². The van der Waals surface area contributed by atoms with Gasteiger partial charge in [0, 0.05) is 3.57 Å². The molecular weight excluding hydrogens is 307 g/mol. The van der Waals surface area contributed by atoms with E-state index >= 15 is 0 Å². The predicted molar refractivity (Wildman–Crippen MR) is 78.8 cm³/mol. The lowest BCUT2D eigenvalue weighted by Crippen LogP contribution is -1.91. The van der Waals surface area contributed by atoms with E-state index in [1.165, 1.54) is 31.4 Å². The first-order valence-electron chi connectivity index (χ1n) is 5.42. The minimum Gasteiger partial charge on any atom is -0.0616 e. The van der Waals surface area contributed by atoms with Gasteiger partial charge in [0.25, 0.3) is 0 Å². The van der Waals surface area contributed by atoms with Crippen molar-refractivity contribution >= 4 is 22.6 Å². The van der Waals surface area contributed by atoms with Gasteiger partial charge < -0.3 is 0 Å². The van der Waals surface area contributed by atoms with Crippen molar-refractivity contribution in [1.82, 2.24) is 0 Å². The number of hydrogen-bond donors (Lipinski definition) is 0. The molecular formula is C15H15I. The second-order valence-electron chi connectivity index (χ2n) is 4.25. The van der Waals surface area contributed by atoms with Crippen LogP contribution in [-0.2, 0) is 0 Å². The lowest BCUT2D eigenvalue weighted by Gasteiger charge is -2.13. The zero-order valence-electron chi connectivity index (χ0n) is 9.84. The summed E-state index contributed by atoms with van der Waals surface area (Å²) in [7, 11) is 0. The van der Waals surface area contributed by atoms with E-state index in [-0.39, 0.29) is 0 Å². The second kappa shape index (κ2) is 4.58. The normalized spacial score (nSPS) is 10.5. The van der Waals surface area contributed by atoms with Crippen molar-refractivity contribution in [3.63, 3.8) is 0 Å². The van der Waals surface area contributed by atoms with Gasteiger partial charge in [-0.15, -0.1) is 0 Å². The molecule has 0 aliphatic carbocycles. The van der Waals surface area contributed by atoms with E-state index in [1.54, 1.807) is 0 Å². The van der Waals surface area contributed by atoms with Crippen LogP contribution in [0.15, 0.2) is 36.4 Å². The van der Waals surface area contributed by atoms with Crippen LogP contribution in [-0.4, -0.2) is 0 Å². The minimum atomic E-state index is 1.31. The molecule has 0 atom stereocenters. The van der Waals surface area contributed by atoms with Crippen molar-refractivity contribution in [2.75, 3.05) is 0 Å². The van der Waals surface area contributed by atoms with Gasteiger partial charge >= 0.3 is 0 Å². The van der Waals surface area contributed by atoms with Gasteiger partial charge in [-0.25, -0.2) is 0 Å². The third-order valence-electron chi connectivity index (χ3n) is 2.82. The first kappa shape index (κ1) is 11.6. The molecule has 0 radical (unpaired) electrons. The van der Waals surface area contributed by atoms with E-state index in [1.807, 2.05) is 0 Å². The molecule has 0 fully saturated rings. The third kappa shape index (κ3) is 2.14. The van der Waals surface area contributed by atoms with Crippen LogP contribution in [0.1, 0.15) is 16.7 Å². The van der Waals surface area contributed by atoms with Crippen LogP contribution >= 0.6 is 22.6 Å². The highest BCUT2D eigenvalue weighted by Gasteiger charge is 2.08. The minimum absolute atomic E-state index is 1.31. The fourth-order valence-corrected chi connectivity index (χ4v) is 2.93. The molecule has 0 aromatic heterocycles. The van der Waals surface area contributed by atoms with Crippen LogP contribution in [0.4, 0.5) is 0 Å². The summed E-state index contributed by atoms with van der Waals surface area (Å²) in [5, 5.41) is 0. The number of aryl methyl sites for hydroxylation is 3. The summed E-state index contributed by atoms with van der Waals surface area (Å²) in [6.07, 6.45) is 0. The van der Waals surface area contributed by atoms with Gasteiger partial charge in [-0.05, 0) is 71.7 Å². The van der Waals surface area contributed by atoms with Crippen LogP contribution in [0.25, 0.3) is 11.1 Å². The lowest BCUT2D eigenvalue weighted by molar-refractivity contribution is 1.32. The quantitative estimate of drug-likeness (QED) is 0.656. The average molecular weight is 322 g/mol. The Morgan fingerprint density at radius 1 is 0.875 bits per heavy atom. The number of hydrogen-bond acceptors (Lipinski definition) is 0. The van der Waals surface area contributed by atoms with E-state index in [4.69, 9.17) is 0 Å². The SMILES string of the molecule is Cc1cc(C)c(-c2ccccc2I)c(C)c1. The standard InChI is InChI=1S/C15H15I/c1-10-8-11(2)15(12(3)9-10)13-6-4-5-7-14(13)16/h4-9H,1-3H3. The van der Waals surface area contributed by atoms with Gasteiger partial charge in [0.2, 0.25) is 0 Å². The van der Waals surface area contributed by atoms with Crippen molar-refractivity contribution in [2.24, 2.45) is 0 Å². The Balaban J connectivity index is 2.70. The molecule has 0 N–H and O–H groups in total. The predicted octanol–water partition coefficient (Wildman–Crippen LogP) is 4.88.